The highest BCUT2D eigenvalue weighted by molar-refractivity contribution is 6.01. The standard InChI is InChI=1S/C18H22N2O4/c1-12(21)19-13-4-3-9-20(10-13)18(23)11-24-17-6-2-5-14-15(17)7-8-16(14)22/h2,5-6,13H,3-4,7-11H2,1H3,(H,19,21). The summed E-state index contributed by atoms with van der Waals surface area (Å²) in [5, 5.41) is 2.87. The first-order chi connectivity index (χ1) is 11.5. The smallest absolute Gasteiger partial charge is 0.260 e. The molecule has 3 rings (SSSR count). The van der Waals surface area contributed by atoms with E-state index < -0.39 is 0 Å². The lowest BCUT2D eigenvalue weighted by atomic mass is 10.1. The predicted molar refractivity (Wildman–Crippen MR) is 88.0 cm³/mol. The van der Waals surface area contributed by atoms with Crippen molar-refractivity contribution >= 4 is 17.6 Å². The van der Waals surface area contributed by atoms with Crippen LogP contribution in [0, 0.1) is 0 Å². The van der Waals surface area contributed by atoms with Gasteiger partial charge < -0.3 is 15.0 Å². The summed E-state index contributed by atoms with van der Waals surface area (Å²) < 4.78 is 5.70. The minimum absolute atomic E-state index is 0.0128. The molecule has 0 aromatic heterocycles. The fourth-order valence-corrected chi connectivity index (χ4v) is 3.43. The molecule has 1 fully saturated rings. The van der Waals surface area contributed by atoms with Crippen LogP contribution in [0.5, 0.6) is 5.75 Å². The van der Waals surface area contributed by atoms with E-state index in [1.54, 1.807) is 17.0 Å². The Bertz CT molecular complexity index is 671. The van der Waals surface area contributed by atoms with Gasteiger partial charge in [-0.3, -0.25) is 14.4 Å². The molecule has 1 unspecified atom stereocenters. The Hall–Kier alpha value is -2.37. The van der Waals surface area contributed by atoms with Gasteiger partial charge in [0.2, 0.25) is 5.91 Å². The Labute approximate surface area is 141 Å². The number of carbonyl (C=O) groups is 3. The largest absolute Gasteiger partial charge is 0.483 e. The van der Waals surface area contributed by atoms with E-state index in [0.717, 1.165) is 18.4 Å². The lowest BCUT2D eigenvalue weighted by molar-refractivity contribution is -0.135. The number of carbonyl (C=O) groups excluding carboxylic acids is 3. The van der Waals surface area contributed by atoms with Gasteiger partial charge in [0.1, 0.15) is 5.75 Å². The molecule has 1 aromatic rings. The summed E-state index contributed by atoms with van der Waals surface area (Å²) in [6, 6.07) is 5.41. The molecule has 1 N–H and O–H groups in total. The third-order valence-corrected chi connectivity index (χ3v) is 4.57. The lowest BCUT2D eigenvalue weighted by Gasteiger charge is -2.33. The van der Waals surface area contributed by atoms with Gasteiger partial charge in [-0.25, -0.2) is 0 Å². The van der Waals surface area contributed by atoms with Crippen LogP contribution in [0.15, 0.2) is 18.2 Å². The number of ketones is 1. The molecule has 0 radical (unpaired) electrons. The number of nitrogens with one attached hydrogen (secondary N) is 1. The van der Waals surface area contributed by atoms with Crippen LogP contribution in [-0.2, 0) is 16.0 Å². The third kappa shape index (κ3) is 3.58. The molecule has 1 atom stereocenters. The van der Waals surface area contributed by atoms with Crippen molar-refractivity contribution in [2.75, 3.05) is 19.7 Å². The molecule has 6 nitrogen and oxygen atoms in total. The fraction of sp³-hybridized carbons (Fsp3) is 0.500. The molecule has 0 spiro atoms. The number of piperidine rings is 1. The van der Waals surface area contributed by atoms with Crippen LogP contribution in [0.3, 0.4) is 0 Å². The van der Waals surface area contributed by atoms with E-state index in [1.165, 1.54) is 6.92 Å². The first kappa shape index (κ1) is 16.5. The molecule has 1 aliphatic carbocycles. The Morgan fingerprint density at radius 3 is 2.96 bits per heavy atom. The number of likely N-dealkylation sites (tertiary alicyclic amines) is 1. The van der Waals surface area contributed by atoms with Crippen LogP contribution < -0.4 is 10.1 Å². The summed E-state index contributed by atoms with van der Waals surface area (Å²) in [5.41, 5.74) is 1.62. The molecular weight excluding hydrogens is 308 g/mol. The number of benzene rings is 1. The maximum atomic E-state index is 12.4. The second-order valence-corrected chi connectivity index (χ2v) is 6.37. The van der Waals surface area contributed by atoms with Crippen molar-refractivity contribution in [3.8, 4) is 5.75 Å². The van der Waals surface area contributed by atoms with Crippen molar-refractivity contribution in [1.29, 1.82) is 0 Å². The molecule has 1 saturated heterocycles. The van der Waals surface area contributed by atoms with Gasteiger partial charge in [-0.05, 0) is 25.3 Å². The zero-order valence-electron chi connectivity index (χ0n) is 13.8. The highest BCUT2D eigenvalue weighted by Crippen LogP contribution is 2.30. The van der Waals surface area contributed by atoms with Gasteiger partial charge in [0.15, 0.2) is 12.4 Å². The van der Waals surface area contributed by atoms with Gasteiger partial charge in [-0.15, -0.1) is 0 Å². The predicted octanol–water partition coefficient (Wildman–Crippen LogP) is 1.32. The fourth-order valence-electron chi connectivity index (χ4n) is 3.43. The van der Waals surface area contributed by atoms with Crippen molar-refractivity contribution in [2.24, 2.45) is 0 Å². The molecule has 0 bridgehead atoms. The Morgan fingerprint density at radius 1 is 1.33 bits per heavy atom. The van der Waals surface area contributed by atoms with E-state index in [1.807, 2.05) is 6.07 Å². The number of amides is 2. The normalized spacial score (nSPS) is 19.8. The average molecular weight is 330 g/mol. The first-order valence-corrected chi connectivity index (χ1v) is 8.37. The Balaban J connectivity index is 1.58. The first-order valence-electron chi connectivity index (χ1n) is 8.37. The molecule has 24 heavy (non-hydrogen) atoms. The van der Waals surface area contributed by atoms with Gasteiger partial charge in [0.05, 0.1) is 0 Å². The number of hydrogen-bond acceptors (Lipinski definition) is 4. The van der Waals surface area contributed by atoms with Crippen molar-refractivity contribution in [1.82, 2.24) is 10.2 Å². The minimum Gasteiger partial charge on any atom is -0.483 e. The van der Waals surface area contributed by atoms with E-state index >= 15 is 0 Å². The second-order valence-electron chi connectivity index (χ2n) is 6.37. The van der Waals surface area contributed by atoms with Crippen LogP contribution >= 0.6 is 0 Å². The molecule has 1 aliphatic heterocycles. The lowest BCUT2D eigenvalue weighted by Crippen LogP contribution is -2.50. The van der Waals surface area contributed by atoms with Crippen molar-refractivity contribution in [2.45, 2.75) is 38.6 Å². The third-order valence-electron chi connectivity index (χ3n) is 4.57. The molecular formula is C18H22N2O4. The Kier molecular flexibility index (Phi) is 4.83. The second kappa shape index (κ2) is 7.03. The van der Waals surface area contributed by atoms with Crippen LogP contribution in [0.2, 0.25) is 0 Å². The number of hydrogen-bond donors (Lipinski definition) is 1. The molecule has 6 heteroatoms. The van der Waals surface area contributed by atoms with E-state index in [2.05, 4.69) is 5.32 Å². The van der Waals surface area contributed by atoms with Gasteiger partial charge in [-0.1, -0.05) is 12.1 Å². The number of ether oxygens (including phenoxy) is 1. The number of rotatable bonds is 4. The van der Waals surface area contributed by atoms with Gasteiger partial charge in [0, 0.05) is 43.6 Å². The quantitative estimate of drug-likeness (QED) is 0.903. The maximum absolute atomic E-state index is 12.4. The maximum Gasteiger partial charge on any atom is 0.260 e. The topological polar surface area (TPSA) is 75.7 Å². The average Bonchev–Trinajstić information content (AvgIpc) is 2.94. The van der Waals surface area contributed by atoms with Crippen LogP contribution in [0.4, 0.5) is 0 Å². The Morgan fingerprint density at radius 2 is 2.17 bits per heavy atom. The van der Waals surface area contributed by atoms with Crippen LogP contribution in [-0.4, -0.2) is 48.2 Å². The van der Waals surface area contributed by atoms with Crippen LogP contribution in [0.25, 0.3) is 0 Å². The summed E-state index contributed by atoms with van der Waals surface area (Å²) >= 11 is 0. The highest BCUT2D eigenvalue weighted by Gasteiger charge is 2.26. The number of nitrogens with zero attached hydrogens (tertiary/aromatic N) is 1. The van der Waals surface area contributed by atoms with Crippen molar-refractivity contribution < 1.29 is 19.1 Å². The van der Waals surface area contributed by atoms with Crippen molar-refractivity contribution in [3.63, 3.8) is 0 Å². The molecule has 2 amide bonds. The summed E-state index contributed by atoms with van der Waals surface area (Å²) in [7, 11) is 0. The van der Waals surface area contributed by atoms with E-state index in [4.69, 9.17) is 4.74 Å². The molecule has 128 valence electrons. The summed E-state index contributed by atoms with van der Waals surface area (Å²) in [6.07, 6.45) is 2.94. The van der Waals surface area contributed by atoms with Crippen molar-refractivity contribution in [3.05, 3.63) is 29.3 Å². The SMILES string of the molecule is CC(=O)NC1CCCN(C(=O)COc2cccc3c2CCC3=O)C1. The van der Waals surface area contributed by atoms with Gasteiger partial charge >= 0.3 is 0 Å². The molecule has 1 heterocycles. The molecule has 1 aromatic carbocycles. The summed E-state index contributed by atoms with van der Waals surface area (Å²) in [5.74, 6) is 0.597. The number of Topliss-reactive ketones (excluding diaryl/α,β-unsaturated/α-hetero) is 1. The highest BCUT2D eigenvalue weighted by atomic mass is 16.5. The molecule has 0 saturated carbocycles. The minimum atomic E-state index is -0.0908. The van der Waals surface area contributed by atoms with E-state index in [-0.39, 0.29) is 30.2 Å². The zero-order valence-corrected chi connectivity index (χ0v) is 13.8. The summed E-state index contributed by atoms with van der Waals surface area (Å²) in [4.78, 5) is 37.1. The monoisotopic (exact) mass is 330 g/mol. The zero-order chi connectivity index (χ0) is 17.1. The molecule has 2 aliphatic rings. The summed E-state index contributed by atoms with van der Waals surface area (Å²) in [6.45, 7) is 2.65. The number of fused-ring (bicyclic) bond motifs is 1. The van der Waals surface area contributed by atoms with E-state index in [0.29, 0.717) is 37.2 Å². The van der Waals surface area contributed by atoms with E-state index in [9.17, 15) is 14.4 Å². The van der Waals surface area contributed by atoms with Gasteiger partial charge in [0.25, 0.3) is 5.91 Å². The van der Waals surface area contributed by atoms with Crippen LogP contribution in [0.1, 0.15) is 42.1 Å². The van der Waals surface area contributed by atoms with Gasteiger partial charge in [-0.2, -0.15) is 0 Å².